The van der Waals surface area contributed by atoms with Gasteiger partial charge in [0.25, 0.3) is 0 Å². The van der Waals surface area contributed by atoms with E-state index in [0.717, 1.165) is 0 Å². The van der Waals surface area contributed by atoms with Gasteiger partial charge >= 0.3 is 5.97 Å². The standard InChI is InChI=1S/C7H8N4O3/c12-6-1-5(7(13)14)2-11(6)10-3-8-9-4-10/h3-5H,1-2H2,(H,13,14)/t5-/m1/s1. The minimum absolute atomic E-state index is 0.0352. The largest absolute Gasteiger partial charge is 0.481 e. The molecule has 1 fully saturated rings. The molecule has 2 heterocycles. The molecule has 0 bridgehead atoms. The number of carboxylic acids is 1. The predicted molar refractivity (Wildman–Crippen MR) is 43.9 cm³/mol. The van der Waals surface area contributed by atoms with Crippen LogP contribution < -0.4 is 5.01 Å². The molecule has 0 aliphatic carbocycles. The lowest BCUT2D eigenvalue weighted by atomic mass is 10.1. The second kappa shape index (κ2) is 3.09. The molecule has 14 heavy (non-hydrogen) atoms. The normalized spacial score (nSPS) is 21.6. The van der Waals surface area contributed by atoms with Crippen molar-refractivity contribution in [3.63, 3.8) is 0 Å². The van der Waals surface area contributed by atoms with Crippen molar-refractivity contribution in [1.82, 2.24) is 14.9 Å². The Kier molecular flexibility index (Phi) is 1.91. The van der Waals surface area contributed by atoms with Crippen molar-refractivity contribution in [2.45, 2.75) is 6.42 Å². The molecule has 1 N–H and O–H groups in total. The van der Waals surface area contributed by atoms with Gasteiger partial charge in [0.1, 0.15) is 12.7 Å². The molecule has 0 spiro atoms. The first-order valence-corrected chi connectivity index (χ1v) is 4.06. The zero-order chi connectivity index (χ0) is 10.1. The van der Waals surface area contributed by atoms with Crippen LogP contribution in [-0.4, -0.2) is 38.4 Å². The SMILES string of the molecule is O=C(O)[C@@H]1CC(=O)N(n2cnnc2)C1. The number of carbonyl (C=O) groups is 2. The summed E-state index contributed by atoms with van der Waals surface area (Å²) >= 11 is 0. The topological polar surface area (TPSA) is 88.3 Å². The number of hydrogen-bond acceptors (Lipinski definition) is 4. The second-order valence-electron chi connectivity index (χ2n) is 3.06. The molecule has 1 atom stereocenters. The van der Waals surface area contributed by atoms with E-state index in [1.165, 1.54) is 22.3 Å². The van der Waals surface area contributed by atoms with Crippen LogP contribution in [-0.2, 0) is 9.59 Å². The molecule has 2 rings (SSSR count). The summed E-state index contributed by atoms with van der Waals surface area (Å²) in [6.45, 7) is 0.173. The van der Waals surface area contributed by atoms with E-state index in [2.05, 4.69) is 10.2 Å². The zero-order valence-electron chi connectivity index (χ0n) is 7.20. The fourth-order valence-electron chi connectivity index (χ4n) is 1.40. The van der Waals surface area contributed by atoms with Gasteiger partial charge in [-0.1, -0.05) is 0 Å². The Labute approximate surface area is 78.9 Å². The van der Waals surface area contributed by atoms with Gasteiger partial charge in [-0.15, -0.1) is 10.2 Å². The van der Waals surface area contributed by atoms with E-state index in [1.807, 2.05) is 0 Å². The summed E-state index contributed by atoms with van der Waals surface area (Å²) in [7, 11) is 0. The predicted octanol–water partition coefficient (Wildman–Crippen LogP) is -1.15. The van der Waals surface area contributed by atoms with Crippen molar-refractivity contribution < 1.29 is 14.7 Å². The third kappa shape index (κ3) is 1.32. The molecule has 1 amide bonds. The number of aliphatic carboxylic acids is 1. The van der Waals surface area contributed by atoms with Crippen LogP contribution in [0.15, 0.2) is 12.7 Å². The molecule has 0 saturated carbocycles. The molecule has 1 aliphatic heterocycles. The van der Waals surface area contributed by atoms with E-state index in [9.17, 15) is 9.59 Å². The Morgan fingerprint density at radius 1 is 1.50 bits per heavy atom. The van der Waals surface area contributed by atoms with Crippen LogP contribution in [0.2, 0.25) is 0 Å². The van der Waals surface area contributed by atoms with E-state index < -0.39 is 11.9 Å². The number of hydrogen-bond donors (Lipinski definition) is 1. The summed E-state index contributed by atoms with van der Waals surface area (Å²) in [6.07, 6.45) is 2.76. The molecule has 7 nitrogen and oxygen atoms in total. The van der Waals surface area contributed by atoms with Crippen molar-refractivity contribution in [1.29, 1.82) is 0 Å². The highest BCUT2D eigenvalue weighted by Gasteiger charge is 2.35. The van der Waals surface area contributed by atoms with Crippen molar-refractivity contribution in [2.75, 3.05) is 11.6 Å². The second-order valence-corrected chi connectivity index (χ2v) is 3.06. The summed E-state index contributed by atoms with van der Waals surface area (Å²) in [5.41, 5.74) is 0. The highest BCUT2D eigenvalue weighted by molar-refractivity contribution is 5.93. The Balaban J connectivity index is 2.16. The molecule has 1 aromatic heterocycles. The van der Waals surface area contributed by atoms with Gasteiger partial charge in [-0.2, -0.15) is 0 Å². The van der Waals surface area contributed by atoms with Crippen LogP contribution in [0.5, 0.6) is 0 Å². The van der Waals surface area contributed by atoms with Crippen LogP contribution in [0.1, 0.15) is 6.42 Å². The van der Waals surface area contributed by atoms with Gasteiger partial charge in [-0.25, -0.2) is 9.69 Å². The number of carbonyl (C=O) groups excluding carboxylic acids is 1. The smallest absolute Gasteiger partial charge is 0.308 e. The first-order valence-electron chi connectivity index (χ1n) is 4.06. The van der Waals surface area contributed by atoms with E-state index in [4.69, 9.17) is 5.11 Å². The maximum Gasteiger partial charge on any atom is 0.308 e. The number of rotatable bonds is 2. The number of aromatic nitrogens is 3. The average molecular weight is 196 g/mol. The lowest BCUT2D eigenvalue weighted by Crippen LogP contribution is -2.35. The average Bonchev–Trinajstić information content (AvgIpc) is 2.71. The Bertz CT molecular complexity index is 361. The van der Waals surface area contributed by atoms with Gasteiger partial charge in [0, 0.05) is 6.42 Å². The highest BCUT2D eigenvalue weighted by Crippen LogP contribution is 2.16. The van der Waals surface area contributed by atoms with E-state index >= 15 is 0 Å². The highest BCUT2D eigenvalue weighted by atomic mass is 16.4. The lowest BCUT2D eigenvalue weighted by molar-refractivity contribution is -0.141. The molecule has 0 aromatic carbocycles. The summed E-state index contributed by atoms with van der Waals surface area (Å²) < 4.78 is 1.39. The Morgan fingerprint density at radius 3 is 2.64 bits per heavy atom. The van der Waals surface area contributed by atoms with Crippen molar-refractivity contribution in [3.8, 4) is 0 Å². The first kappa shape index (κ1) is 8.67. The number of nitrogens with zero attached hydrogens (tertiary/aromatic N) is 4. The maximum absolute atomic E-state index is 11.4. The minimum atomic E-state index is -0.950. The fraction of sp³-hybridized carbons (Fsp3) is 0.429. The monoisotopic (exact) mass is 196 g/mol. The van der Waals surface area contributed by atoms with Crippen LogP contribution in [0.3, 0.4) is 0 Å². The molecule has 7 heteroatoms. The molecule has 1 aromatic rings. The van der Waals surface area contributed by atoms with Gasteiger partial charge in [0.05, 0.1) is 12.5 Å². The van der Waals surface area contributed by atoms with E-state index in [-0.39, 0.29) is 18.9 Å². The minimum Gasteiger partial charge on any atom is -0.481 e. The quantitative estimate of drug-likeness (QED) is 0.645. The molecule has 1 aliphatic rings. The summed E-state index contributed by atoms with van der Waals surface area (Å²) in [5, 5.41) is 17.1. The summed E-state index contributed by atoms with van der Waals surface area (Å²) in [6, 6.07) is 0. The van der Waals surface area contributed by atoms with Crippen molar-refractivity contribution in [2.24, 2.45) is 5.92 Å². The van der Waals surface area contributed by atoms with Crippen LogP contribution in [0.4, 0.5) is 0 Å². The molecule has 1 saturated heterocycles. The fourth-order valence-corrected chi connectivity index (χ4v) is 1.40. The van der Waals surface area contributed by atoms with Crippen LogP contribution >= 0.6 is 0 Å². The zero-order valence-corrected chi connectivity index (χ0v) is 7.20. The van der Waals surface area contributed by atoms with Gasteiger partial charge in [0.15, 0.2) is 0 Å². The molecule has 74 valence electrons. The molecular weight excluding hydrogens is 188 g/mol. The first-order chi connectivity index (χ1) is 6.68. The van der Waals surface area contributed by atoms with E-state index in [1.54, 1.807) is 0 Å². The molecule has 0 unspecified atom stereocenters. The van der Waals surface area contributed by atoms with Crippen LogP contribution in [0, 0.1) is 5.92 Å². The Morgan fingerprint density at radius 2 is 2.14 bits per heavy atom. The third-order valence-electron chi connectivity index (χ3n) is 2.14. The molecular formula is C7H8N4O3. The lowest BCUT2D eigenvalue weighted by Gasteiger charge is -2.14. The van der Waals surface area contributed by atoms with Crippen molar-refractivity contribution in [3.05, 3.63) is 12.7 Å². The number of amides is 1. The van der Waals surface area contributed by atoms with Gasteiger partial charge in [-0.05, 0) is 0 Å². The summed E-state index contributed by atoms with van der Waals surface area (Å²) in [4.78, 5) is 22.0. The molecule has 0 radical (unpaired) electrons. The van der Waals surface area contributed by atoms with Gasteiger partial charge in [0.2, 0.25) is 5.91 Å². The Hall–Kier alpha value is -1.92. The van der Waals surface area contributed by atoms with Gasteiger partial charge in [-0.3, -0.25) is 9.59 Å². The summed E-state index contributed by atoms with van der Waals surface area (Å²) in [5.74, 6) is -1.81. The van der Waals surface area contributed by atoms with Gasteiger partial charge < -0.3 is 5.11 Å². The third-order valence-corrected chi connectivity index (χ3v) is 2.14. The van der Waals surface area contributed by atoms with Crippen molar-refractivity contribution >= 4 is 11.9 Å². The van der Waals surface area contributed by atoms with E-state index in [0.29, 0.717) is 0 Å². The number of carboxylic acid groups (broad SMARTS) is 1. The maximum atomic E-state index is 11.4. The van der Waals surface area contributed by atoms with Crippen LogP contribution in [0.25, 0.3) is 0 Å².